The number of Topliss-reactive ketones (excluding diaryl/α,β-unsaturated/α-hetero) is 1. The quantitative estimate of drug-likeness (QED) is 0.662. The molecular weight excluding hydrogens is 162 g/mol. The summed E-state index contributed by atoms with van der Waals surface area (Å²) in [5, 5.41) is 0. The molecule has 0 aromatic carbocycles. The predicted molar refractivity (Wildman–Crippen MR) is 52.6 cm³/mol. The van der Waals surface area contributed by atoms with Crippen molar-refractivity contribution in [1.82, 2.24) is 4.98 Å². The molecule has 2 heteroatoms. The fourth-order valence-electron chi connectivity index (χ4n) is 1.09. The van der Waals surface area contributed by atoms with Crippen LogP contribution in [0.15, 0.2) is 24.4 Å². The third-order valence-electron chi connectivity index (χ3n) is 2.18. The molecule has 1 atom stereocenters. The van der Waals surface area contributed by atoms with Crippen molar-refractivity contribution in [2.75, 3.05) is 0 Å². The van der Waals surface area contributed by atoms with E-state index < -0.39 is 0 Å². The van der Waals surface area contributed by atoms with Crippen LogP contribution in [0.2, 0.25) is 0 Å². The normalized spacial score (nSPS) is 12.5. The van der Waals surface area contributed by atoms with Crippen LogP contribution in [-0.2, 0) is 0 Å². The van der Waals surface area contributed by atoms with Gasteiger partial charge in [-0.05, 0) is 18.1 Å². The van der Waals surface area contributed by atoms with Gasteiger partial charge in [-0.1, -0.05) is 26.3 Å². The zero-order valence-corrected chi connectivity index (χ0v) is 8.16. The van der Waals surface area contributed by atoms with E-state index >= 15 is 0 Å². The van der Waals surface area contributed by atoms with Crippen molar-refractivity contribution in [3.05, 3.63) is 30.1 Å². The fraction of sp³-hybridized carbons (Fsp3) is 0.455. The van der Waals surface area contributed by atoms with Gasteiger partial charge in [-0.15, -0.1) is 0 Å². The summed E-state index contributed by atoms with van der Waals surface area (Å²) in [7, 11) is 0. The molecule has 0 amide bonds. The van der Waals surface area contributed by atoms with Crippen molar-refractivity contribution in [2.45, 2.75) is 26.7 Å². The lowest BCUT2D eigenvalue weighted by Gasteiger charge is -2.05. The summed E-state index contributed by atoms with van der Waals surface area (Å²) in [6.07, 6.45) is 3.30. The van der Waals surface area contributed by atoms with Gasteiger partial charge in [0.2, 0.25) is 0 Å². The second kappa shape index (κ2) is 4.75. The van der Waals surface area contributed by atoms with Crippen molar-refractivity contribution in [3.63, 3.8) is 0 Å². The van der Waals surface area contributed by atoms with Crippen LogP contribution in [0, 0.1) is 5.92 Å². The molecule has 0 radical (unpaired) electrons. The summed E-state index contributed by atoms with van der Waals surface area (Å²) >= 11 is 0. The Hall–Kier alpha value is -1.18. The smallest absolute Gasteiger partial charge is 0.181 e. The summed E-state index contributed by atoms with van der Waals surface area (Å²) < 4.78 is 0. The molecule has 0 saturated heterocycles. The van der Waals surface area contributed by atoms with E-state index in [4.69, 9.17) is 0 Å². The van der Waals surface area contributed by atoms with Gasteiger partial charge < -0.3 is 0 Å². The van der Waals surface area contributed by atoms with Crippen LogP contribution in [0.1, 0.15) is 37.2 Å². The van der Waals surface area contributed by atoms with Gasteiger partial charge in [0.25, 0.3) is 0 Å². The lowest BCUT2D eigenvalue weighted by molar-refractivity contribution is 0.0959. The van der Waals surface area contributed by atoms with Gasteiger partial charge >= 0.3 is 0 Å². The summed E-state index contributed by atoms with van der Waals surface area (Å²) in [6.45, 7) is 4.18. The van der Waals surface area contributed by atoms with E-state index in [1.807, 2.05) is 12.1 Å². The Morgan fingerprint density at radius 2 is 2.31 bits per heavy atom. The highest BCUT2D eigenvalue weighted by Gasteiger charge is 2.09. The minimum Gasteiger partial charge on any atom is -0.292 e. The number of hydrogen-bond acceptors (Lipinski definition) is 2. The van der Waals surface area contributed by atoms with E-state index in [-0.39, 0.29) is 5.78 Å². The number of carbonyl (C=O) groups excluding carboxylic acids is 1. The first-order valence-electron chi connectivity index (χ1n) is 4.68. The third kappa shape index (κ3) is 2.98. The monoisotopic (exact) mass is 177 g/mol. The van der Waals surface area contributed by atoms with E-state index in [2.05, 4.69) is 18.8 Å². The van der Waals surface area contributed by atoms with Gasteiger partial charge in [-0.2, -0.15) is 0 Å². The number of nitrogens with zero attached hydrogens (tertiary/aromatic N) is 1. The topological polar surface area (TPSA) is 30.0 Å². The van der Waals surface area contributed by atoms with Crippen molar-refractivity contribution >= 4 is 5.78 Å². The molecule has 1 heterocycles. The summed E-state index contributed by atoms with van der Waals surface area (Å²) in [5.41, 5.74) is 0.586. The van der Waals surface area contributed by atoms with Crippen LogP contribution in [0.4, 0.5) is 0 Å². The van der Waals surface area contributed by atoms with Crippen molar-refractivity contribution in [1.29, 1.82) is 0 Å². The van der Waals surface area contributed by atoms with Gasteiger partial charge in [0.05, 0.1) is 0 Å². The van der Waals surface area contributed by atoms with Crippen LogP contribution in [0.25, 0.3) is 0 Å². The van der Waals surface area contributed by atoms with E-state index in [1.165, 1.54) is 0 Å². The molecule has 0 aliphatic rings. The molecular formula is C11H15NO. The van der Waals surface area contributed by atoms with Crippen molar-refractivity contribution < 1.29 is 4.79 Å². The Kier molecular flexibility index (Phi) is 3.62. The SMILES string of the molecule is CCC(C)CC(=O)c1ccccn1. The Bertz CT molecular complexity index is 269. The molecule has 0 N–H and O–H groups in total. The Balaban J connectivity index is 2.59. The van der Waals surface area contributed by atoms with Gasteiger partial charge in [0.1, 0.15) is 5.69 Å². The highest BCUT2D eigenvalue weighted by atomic mass is 16.1. The minimum atomic E-state index is 0.148. The fourth-order valence-corrected chi connectivity index (χ4v) is 1.09. The maximum absolute atomic E-state index is 11.6. The zero-order chi connectivity index (χ0) is 9.68. The first kappa shape index (κ1) is 9.90. The highest BCUT2D eigenvalue weighted by Crippen LogP contribution is 2.10. The molecule has 0 fully saturated rings. The van der Waals surface area contributed by atoms with E-state index in [9.17, 15) is 4.79 Å². The number of carbonyl (C=O) groups is 1. The molecule has 0 saturated carbocycles. The van der Waals surface area contributed by atoms with Crippen molar-refractivity contribution in [3.8, 4) is 0 Å². The second-order valence-electron chi connectivity index (χ2n) is 3.36. The summed E-state index contributed by atoms with van der Waals surface area (Å²) in [5.74, 6) is 0.601. The van der Waals surface area contributed by atoms with Gasteiger partial charge in [0.15, 0.2) is 5.78 Å². The van der Waals surface area contributed by atoms with E-state index in [1.54, 1.807) is 12.3 Å². The molecule has 13 heavy (non-hydrogen) atoms. The lowest BCUT2D eigenvalue weighted by atomic mass is 10.0. The average molecular weight is 177 g/mol. The average Bonchev–Trinajstić information content (AvgIpc) is 2.19. The minimum absolute atomic E-state index is 0.148. The summed E-state index contributed by atoms with van der Waals surface area (Å²) in [6, 6.07) is 5.43. The number of aromatic nitrogens is 1. The zero-order valence-electron chi connectivity index (χ0n) is 8.16. The molecule has 0 aliphatic carbocycles. The van der Waals surface area contributed by atoms with Crippen molar-refractivity contribution in [2.24, 2.45) is 5.92 Å². The number of pyridine rings is 1. The maximum atomic E-state index is 11.6. The van der Waals surface area contributed by atoms with Gasteiger partial charge in [-0.3, -0.25) is 9.78 Å². The van der Waals surface area contributed by atoms with E-state index in [0.29, 0.717) is 18.0 Å². The lowest BCUT2D eigenvalue weighted by Crippen LogP contribution is -2.06. The maximum Gasteiger partial charge on any atom is 0.181 e. The number of hydrogen-bond donors (Lipinski definition) is 0. The molecule has 1 unspecified atom stereocenters. The van der Waals surface area contributed by atoms with Crippen LogP contribution in [0.5, 0.6) is 0 Å². The van der Waals surface area contributed by atoms with Gasteiger partial charge in [-0.25, -0.2) is 0 Å². The molecule has 0 aliphatic heterocycles. The first-order chi connectivity index (χ1) is 6.24. The highest BCUT2D eigenvalue weighted by molar-refractivity contribution is 5.94. The third-order valence-corrected chi connectivity index (χ3v) is 2.18. The molecule has 0 bridgehead atoms. The Morgan fingerprint density at radius 1 is 1.54 bits per heavy atom. The number of ketones is 1. The molecule has 70 valence electrons. The predicted octanol–water partition coefficient (Wildman–Crippen LogP) is 2.70. The molecule has 1 aromatic heterocycles. The molecule has 0 spiro atoms. The number of rotatable bonds is 4. The van der Waals surface area contributed by atoms with Crippen LogP contribution >= 0.6 is 0 Å². The second-order valence-corrected chi connectivity index (χ2v) is 3.36. The molecule has 1 rings (SSSR count). The van der Waals surface area contributed by atoms with Gasteiger partial charge in [0, 0.05) is 12.6 Å². The molecule has 1 aromatic rings. The Labute approximate surface area is 79.0 Å². The first-order valence-corrected chi connectivity index (χ1v) is 4.68. The Morgan fingerprint density at radius 3 is 2.85 bits per heavy atom. The largest absolute Gasteiger partial charge is 0.292 e. The molecule has 2 nitrogen and oxygen atoms in total. The van der Waals surface area contributed by atoms with Crippen LogP contribution < -0.4 is 0 Å². The standard InChI is InChI=1S/C11H15NO/c1-3-9(2)8-11(13)10-6-4-5-7-12-10/h4-7,9H,3,8H2,1-2H3. The van der Waals surface area contributed by atoms with E-state index in [0.717, 1.165) is 6.42 Å². The van der Waals surface area contributed by atoms with Crippen LogP contribution in [0.3, 0.4) is 0 Å². The summed E-state index contributed by atoms with van der Waals surface area (Å²) in [4.78, 5) is 15.6. The van der Waals surface area contributed by atoms with Crippen LogP contribution in [-0.4, -0.2) is 10.8 Å².